The highest BCUT2D eigenvalue weighted by Gasteiger charge is 2.29. The molecule has 2 fully saturated rings. The first-order valence-corrected chi connectivity index (χ1v) is 9.54. The Morgan fingerprint density at radius 1 is 1.29 bits per heavy atom. The lowest BCUT2D eigenvalue weighted by Crippen LogP contribution is -2.46. The molecule has 6 heteroatoms. The summed E-state index contributed by atoms with van der Waals surface area (Å²) in [7, 11) is 1.67. The van der Waals surface area contributed by atoms with Crippen LogP contribution >= 0.6 is 11.3 Å². The van der Waals surface area contributed by atoms with Gasteiger partial charge in [0.05, 0.1) is 17.3 Å². The lowest BCUT2D eigenvalue weighted by atomic mass is 9.90. The third-order valence-corrected chi connectivity index (χ3v) is 6.27. The highest BCUT2D eigenvalue weighted by atomic mass is 32.1. The molecule has 0 bridgehead atoms. The Morgan fingerprint density at radius 3 is 2.75 bits per heavy atom. The van der Waals surface area contributed by atoms with Crippen LogP contribution in [0.3, 0.4) is 0 Å². The number of thiazole rings is 1. The number of aromatic nitrogens is 1. The number of ether oxygens (including phenoxy) is 1. The van der Waals surface area contributed by atoms with Gasteiger partial charge in [-0.05, 0) is 44.2 Å². The number of anilines is 1. The van der Waals surface area contributed by atoms with Gasteiger partial charge in [0, 0.05) is 31.1 Å². The van der Waals surface area contributed by atoms with Gasteiger partial charge in [0.2, 0.25) is 5.91 Å². The predicted octanol–water partition coefficient (Wildman–Crippen LogP) is 3.19. The molecule has 0 atom stereocenters. The number of amides is 1. The first-order chi connectivity index (χ1) is 11.7. The van der Waals surface area contributed by atoms with Crippen molar-refractivity contribution in [3.8, 4) is 5.75 Å². The smallest absolute Gasteiger partial charge is 0.223 e. The Labute approximate surface area is 146 Å². The van der Waals surface area contributed by atoms with Crippen LogP contribution in [0.25, 0.3) is 10.2 Å². The number of hydrogen-bond acceptors (Lipinski definition) is 5. The van der Waals surface area contributed by atoms with Crippen molar-refractivity contribution in [1.82, 2.24) is 10.3 Å². The number of carbonyl (C=O) groups excluding carboxylic acids is 1. The molecular formula is C18H23N3O2S. The molecule has 1 aromatic heterocycles. The van der Waals surface area contributed by atoms with Crippen LogP contribution in [0.2, 0.25) is 0 Å². The van der Waals surface area contributed by atoms with Crippen LogP contribution < -0.4 is 15.0 Å². The SMILES string of the molecule is COc1ccc2sc(N3CCC(C(=O)NC4CCC4)CC3)nc2c1. The minimum atomic E-state index is 0.163. The van der Waals surface area contributed by atoms with E-state index in [4.69, 9.17) is 9.72 Å². The number of nitrogens with zero attached hydrogens (tertiary/aromatic N) is 2. The molecule has 0 radical (unpaired) electrons. The quantitative estimate of drug-likeness (QED) is 0.925. The summed E-state index contributed by atoms with van der Waals surface area (Å²) in [6.07, 6.45) is 5.39. The average molecular weight is 345 g/mol. The highest BCUT2D eigenvalue weighted by Crippen LogP contribution is 2.33. The Kier molecular flexibility index (Phi) is 4.31. The number of methoxy groups -OCH3 is 1. The summed E-state index contributed by atoms with van der Waals surface area (Å²) < 4.78 is 6.45. The predicted molar refractivity (Wildman–Crippen MR) is 96.9 cm³/mol. The van der Waals surface area contributed by atoms with E-state index in [1.54, 1.807) is 18.4 Å². The molecule has 1 saturated carbocycles. The normalized spacial score (nSPS) is 19.3. The van der Waals surface area contributed by atoms with Gasteiger partial charge in [-0.25, -0.2) is 4.98 Å². The molecule has 24 heavy (non-hydrogen) atoms. The zero-order valence-electron chi connectivity index (χ0n) is 14.0. The number of hydrogen-bond donors (Lipinski definition) is 1. The number of piperidine rings is 1. The van der Waals surface area contributed by atoms with Crippen LogP contribution in [0.1, 0.15) is 32.1 Å². The van der Waals surface area contributed by atoms with Crippen LogP contribution in [-0.2, 0) is 4.79 Å². The second kappa shape index (κ2) is 6.59. The van der Waals surface area contributed by atoms with Crippen molar-refractivity contribution in [2.45, 2.75) is 38.1 Å². The molecule has 0 unspecified atom stereocenters. The third kappa shape index (κ3) is 3.07. The Balaban J connectivity index is 1.39. The van der Waals surface area contributed by atoms with Gasteiger partial charge in [-0.2, -0.15) is 0 Å². The third-order valence-electron chi connectivity index (χ3n) is 5.17. The van der Waals surface area contributed by atoms with Gasteiger partial charge < -0.3 is 15.0 Å². The summed E-state index contributed by atoms with van der Waals surface area (Å²) in [6, 6.07) is 6.46. The maximum Gasteiger partial charge on any atom is 0.223 e. The molecule has 4 rings (SSSR count). The van der Waals surface area contributed by atoms with E-state index < -0.39 is 0 Å². The minimum Gasteiger partial charge on any atom is -0.497 e. The average Bonchev–Trinajstić information content (AvgIpc) is 3.01. The van der Waals surface area contributed by atoms with Gasteiger partial charge in [-0.15, -0.1) is 0 Å². The van der Waals surface area contributed by atoms with Crippen molar-refractivity contribution in [2.75, 3.05) is 25.1 Å². The van der Waals surface area contributed by atoms with E-state index in [2.05, 4.69) is 16.3 Å². The maximum atomic E-state index is 12.3. The Bertz CT molecular complexity index is 733. The molecule has 1 saturated heterocycles. The largest absolute Gasteiger partial charge is 0.497 e. The molecule has 1 aromatic carbocycles. The summed E-state index contributed by atoms with van der Waals surface area (Å²) in [6.45, 7) is 1.80. The van der Waals surface area contributed by atoms with Gasteiger partial charge in [-0.3, -0.25) is 4.79 Å². The van der Waals surface area contributed by atoms with Crippen LogP contribution in [-0.4, -0.2) is 37.1 Å². The number of fused-ring (bicyclic) bond motifs is 1. The van der Waals surface area contributed by atoms with Gasteiger partial charge in [0.15, 0.2) is 5.13 Å². The molecular weight excluding hydrogens is 322 g/mol. The number of carbonyl (C=O) groups is 1. The van der Waals surface area contributed by atoms with Gasteiger partial charge >= 0.3 is 0 Å². The second-order valence-corrected chi connectivity index (χ2v) is 7.74. The van der Waals surface area contributed by atoms with E-state index in [-0.39, 0.29) is 11.8 Å². The van der Waals surface area contributed by atoms with E-state index >= 15 is 0 Å². The minimum absolute atomic E-state index is 0.163. The van der Waals surface area contributed by atoms with E-state index in [0.717, 1.165) is 55.2 Å². The summed E-state index contributed by atoms with van der Waals surface area (Å²) in [5.74, 6) is 1.26. The second-order valence-electron chi connectivity index (χ2n) is 6.73. The van der Waals surface area contributed by atoms with Crippen LogP contribution in [0, 0.1) is 5.92 Å². The van der Waals surface area contributed by atoms with E-state index in [9.17, 15) is 4.79 Å². The molecule has 1 aliphatic heterocycles. The van der Waals surface area contributed by atoms with Crippen molar-refractivity contribution < 1.29 is 9.53 Å². The lowest BCUT2D eigenvalue weighted by molar-refractivity contribution is -0.126. The molecule has 2 aromatic rings. The van der Waals surface area contributed by atoms with Crippen molar-refractivity contribution in [2.24, 2.45) is 5.92 Å². The molecule has 1 aliphatic carbocycles. The number of benzene rings is 1. The monoisotopic (exact) mass is 345 g/mol. The summed E-state index contributed by atoms with van der Waals surface area (Å²) in [5.41, 5.74) is 0.985. The van der Waals surface area contributed by atoms with E-state index in [1.165, 1.54) is 11.1 Å². The van der Waals surface area contributed by atoms with Crippen LogP contribution in [0.4, 0.5) is 5.13 Å². The van der Waals surface area contributed by atoms with Crippen LogP contribution in [0.15, 0.2) is 18.2 Å². The fraction of sp³-hybridized carbons (Fsp3) is 0.556. The summed E-state index contributed by atoms with van der Waals surface area (Å²) >= 11 is 1.71. The Hall–Kier alpha value is -1.82. The number of nitrogens with one attached hydrogen (secondary N) is 1. The lowest BCUT2D eigenvalue weighted by Gasteiger charge is -2.33. The Morgan fingerprint density at radius 2 is 2.08 bits per heavy atom. The molecule has 5 nitrogen and oxygen atoms in total. The van der Waals surface area contributed by atoms with Crippen molar-refractivity contribution in [3.05, 3.63) is 18.2 Å². The standard InChI is InChI=1S/C18H23N3O2S/c1-23-14-5-6-16-15(11-14)20-18(24-16)21-9-7-12(8-10-21)17(22)19-13-3-2-4-13/h5-6,11-13H,2-4,7-10H2,1H3,(H,19,22). The first-order valence-electron chi connectivity index (χ1n) is 8.73. The topological polar surface area (TPSA) is 54.5 Å². The fourth-order valence-electron chi connectivity index (χ4n) is 3.36. The van der Waals surface area contributed by atoms with Gasteiger partial charge in [0.25, 0.3) is 0 Å². The maximum absolute atomic E-state index is 12.3. The van der Waals surface area contributed by atoms with E-state index in [0.29, 0.717) is 6.04 Å². The fourth-order valence-corrected chi connectivity index (χ4v) is 4.36. The van der Waals surface area contributed by atoms with Gasteiger partial charge in [0.1, 0.15) is 5.75 Å². The molecule has 0 spiro atoms. The first kappa shape index (κ1) is 15.7. The van der Waals surface area contributed by atoms with Crippen molar-refractivity contribution in [3.63, 3.8) is 0 Å². The van der Waals surface area contributed by atoms with Crippen molar-refractivity contribution >= 4 is 32.6 Å². The molecule has 2 heterocycles. The van der Waals surface area contributed by atoms with Crippen molar-refractivity contribution in [1.29, 1.82) is 0 Å². The number of rotatable bonds is 4. The zero-order chi connectivity index (χ0) is 16.5. The molecule has 2 aliphatic rings. The van der Waals surface area contributed by atoms with E-state index in [1.807, 2.05) is 12.1 Å². The zero-order valence-corrected chi connectivity index (χ0v) is 14.8. The molecule has 128 valence electrons. The summed E-state index contributed by atoms with van der Waals surface area (Å²) in [5, 5.41) is 4.24. The highest BCUT2D eigenvalue weighted by molar-refractivity contribution is 7.22. The molecule has 1 amide bonds. The van der Waals surface area contributed by atoms with Gasteiger partial charge in [-0.1, -0.05) is 11.3 Å². The molecule has 1 N–H and O–H groups in total. The summed E-state index contributed by atoms with van der Waals surface area (Å²) in [4.78, 5) is 19.4. The van der Waals surface area contributed by atoms with Crippen LogP contribution in [0.5, 0.6) is 5.75 Å².